The Hall–Kier alpha value is -0.0800. The molecule has 0 aromatic heterocycles. The first-order valence-corrected chi connectivity index (χ1v) is 6.00. The van der Waals surface area contributed by atoms with Crippen LogP contribution in [0.4, 0.5) is 0 Å². The van der Waals surface area contributed by atoms with Crippen LogP contribution in [0.1, 0.15) is 45.4 Å². The zero-order valence-corrected chi connectivity index (χ0v) is 9.17. The molecule has 82 valence electrons. The summed E-state index contributed by atoms with van der Waals surface area (Å²) in [4.78, 5) is 0. The Bertz CT molecular complexity index is 179. The summed E-state index contributed by atoms with van der Waals surface area (Å²) >= 11 is 0. The first-order chi connectivity index (χ1) is 6.78. The first-order valence-electron chi connectivity index (χ1n) is 6.00. The van der Waals surface area contributed by atoms with Crippen LogP contribution in [0.25, 0.3) is 0 Å². The van der Waals surface area contributed by atoms with E-state index < -0.39 is 0 Å². The van der Waals surface area contributed by atoms with Gasteiger partial charge in [-0.2, -0.15) is 0 Å². The molecule has 2 aliphatic rings. The van der Waals surface area contributed by atoms with Gasteiger partial charge in [0.1, 0.15) is 0 Å². The number of aliphatic hydroxyl groups excluding tert-OH is 1. The highest BCUT2D eigenvalue weighted by Crippen LogP contribution is 2.44. The molecule has 14 heavy (non-hydrogen) atoms. The zero-order valence-electron chi connectivity index (χ0n) is 9.17. The second-order valence-corrected chi connectivity index (χ2v) is 5.17. The second-order valence-electron chi connectivity index (χ2n) is 5.17. The van der Waals surface area contributed by atoms with Crippen molar-refractivity contribution < 1.29 is 9.84 Å². The molecule has 0 aromatic rings. The maximum Gasteiger partial charge on any atom is 0.0816 e. The van der Waals surface area contributed by atoms with Crippen molar-refractivity contribution in [1.82, 2.24) is 0 Å². The Balaban J connectivity index is 1.86. The summed E-state index contributed by atoms with van der Waals surface area (Å²) in [6.07, 6.45) is 7.92. The molecule has 1 unspecified atom stereocenters. The van der Waals surface area contributed by atoms with E-state index in [4.69, 9.17) is 4.74 Å². The van der Waals surface area contributed by atoms with Crippen LogP contribution < -0.4 is 0 Å². The van der Waals surface area contributed by atoms with E-state index in [1.54, 1.807) is 0 Å². The molecular formula is C12H22O2. The lowest BCUT2D eigenvalue weighted by atomic mass is 9.68. The van der Waals surface area contributed by atoms with E-state index in [0.717, 1.165) is 18.9 Å². The summed E-state index contributed by atoms with van der Waals surface area (Å²) in [6, 6.07) is 0. The quantitative estimate of drug-likeness (QED) is 0.703. The van der Waals surface area contributed by atoms with Gasteiger partial charge in [0.25, 0.3) is 0 Å². The Morgan fingerprint density at radius 3 is 2.43 bits per heavy atom. The van der Waals surface area contributed by atoms with Gasteiger partial charge in [0.05, 0.1) is 12.7 Å². The number of rotatable bonds is 4. The Labute approximate surface area is 86.6 Å². The topological polar surface area (TPSA) is 32.8 Å². The average Bonchev–Trinajstić information content (AvgIpc) is 3.03. The molecule has 0 aromatic carbocycles. The smallest absolute Gasteiger partial charge is 0.0816 e. The molecule has 2 nitrogen and oxygen atoms in total. The molecular weight excluding hydrogens is 176 g/mol. The standard InChI is InChI=1S/C12H22O2/c1-2-10-3-5-12(9-13,6-4-10)7-11-8-14-11/h10-11,13H,2-9H2,1H3. The molecule has 1 saturated heterocycles. The zero-order chi connectivity index (χ0) is 10.0. The number of hydrogen-bond donors (Lipinski definition) is 1. The molecule has 1 aliphatic carbocycles. The third-order valence-electron chi connectivity index (χ3n) is 4.14. The predicted octanol–water partition coefficient (Wildman–Crippen LogP) is 2.35. The van der Waals surface area contributed by atoms with E-state index in [9.17, 15) is 5.11 Å². The van der Waals surface area contributed by atoms with E-state index in [2.05, 4.69) is 6.92 Å². The minimum absolute atomic E-state index is 0.215. The van der Waals surface area contributed by atoms with Crippen molar-refractivity contribution >= 4 is 0 Å². The Kier molecular flexibility index (Phi) is 3.13. The van der Waals surface area contributed by atoms with Crippen LogP contribution in [0, 0.1) is 11.3 Å². The van der Waals surface area contributed by atoms with Gasteiger partial charge in [-0.05, 0) is 43.4 Å². The van der Waals surface area contributed by atoms with Crippen molar-refractivity contribution in [3.63, 3.8) is 0 Å². The highest BCUT2D eigenvalue weighted by Gasteiger charge is 2.39. The fourth-order valence-electron chi connectivity index (χ4n) is 2.79. The monoisotopic (exact) mass is 198 g/mol. The molecule has 0 radical (unpaired) electrons. The van der Waals surface area contributed by atoms with E-state index >= 15 is 0 Å². The number of aliphatic hydroxyl groups is 1. The van der Waals surface area contributed by atoms with E-state index in [-0.39, 0.29) is 5.41 Å². The van der Waals surface area contributed by atoms with Gasteiger partial charge < -0.3 is 9.84 Å². The van der Waals surface area contributed by atoms with Gasteiger partial charge in [-0.3, -0.25) is 0 Å². The third kappa shape index (κ3) is 2.29. The lowest BCUT2D eigenvalue weighted by Crippen LogP contribution is -2.32. The Morgan fingerprint density at radius 2 is 2.00 bits per heavy atom. The number of epoxide rings is 1. The second kappa shape index (κ2) is 4.19. The molecule has 1 atom stereocenters. The fraction of sp³-hybridized carbons (Fsp3) is 1.00. The molecule has 1 N–H and O–H groups in total. The highest BCUT2D eigenvalue weighted by atomic mass is 16.6. The van der Waals surface area contributed by atoms with Crippen LogP contribution in [0.2, 0.25) is 0 Å². The van der Waals surface area contributed by atoms with E-state index in [1.807, 2.05) is 0 Å². The van der Waals surface area contributed by atoms with Crippen molar-refractivity contribution in [3.8, 4) is 0 Å². The Morgan fingerprint density at radius 1 is 1.36 bits per heavy atom. The molecule has 0 spiro atoms. The number of ether oxygens (including phenoxy) is 1. The van der Waals surface area contributed by atoms with Crippen LogP contribution in [0.3, 0.4) is 0 Å². The SMILES string of the molecule is CCC1CCC(CO)(CC2CO2)CC1. The minimum atomic E-state index is 0.215. The van der Waals surface area contributed by atoms with Crippen molar-refractivity contribution in [2.75, 3.05) is 13.2 Å². The summed E-state index contributed by atoms with van der Waals surface area (Å²) in [5.41, 5.74) is 0.215. The van der Waals surface area contributed by atoms with Crippen LogP contribution in [0.5, 0.6) is 0 Å². The van der Waals surface area contributed by atoms with E-state index in [0.29, 0.717) is 12.7 Å². The molecule has 1 aliphatic heterocycles. The molecule has 0 bridgehead atoms. The van der Waals surface area contributed by atoms with Crippen LogP contribution in [-0.4, -0.2) is 24.4 Å². The minimum Gasteiger partial charge on any atom is -0.396 e. The first kappa shape index (κ1) is 10.4. The van der Waals surface area contributed by atoms with Crippen molar-refractivity contribution in [2.24, 2.45) is 11.3 Å². The largest absolute Gasteiger partial charge is 0.396 e. The van der Waals surface area contributed by atoms with Gasteiger partial charge in [-0.25, -0.2) is 0 Å². The average molecular weight is 198 g/mol. The summed E-state index contributed by atoms with van der Waals surface area (Å²) in [5.74, 6) is 0.912. The van der Waals surface area contributed by atoms with Gasteiger partial charge in [0.15, 0.2) is 0 Å². The van der Waals surface area contributed by atoms with Crippen molar-refractivity contribution in [1.29, 1.82) is 0 Å². The van der Waals surface area contributed by atoms with Gasteiger partial charge >= 0.3 is 0 Å². The van der Waals surface area contributed by atoms with Gasteiger partial charge in [-0.15, -0.1) is 0 Å². The summed E-state index contributed by atoms with van der Waals surface area (Å²) < 4.78 is 5.28. The fourth-order valence-corrected chi connectivity index (χ4v) is 2.79. The summed E-state index contributed by atoms with van der Waals surface area (Å²) in [7, 11) is 0. The molecule has 2 heteroatoms. The summed E-state index contributed by atoms with van der Waals surface area (Å²) in [6.45, 7) is 3.57. The lowest BCUT2D eigenvalue weighted by Gasteiger charge is -2.38. The van der Waals surface area contributed by atoms with E-state index in [1.165, 1.54) is 32.1 Å². The summed E-state index contributed by atoms with van der Waals surface area (Å²) in [5, 5.41) is 9.52. The maximum atomic E-state index is 9.52. The van der Waals surface area contributed by atoms with Gasteiger partial charge in [0, 0.05) is 6.61 Å². The van der Waals surface area contributed by atoms with Crippen LogP contribution in [-0.2, 0) is 4.74 Å². The molecule has 2 fully saturated rings. The number of hydrogen-bond acceptors (Lipinski definition) is 2. The predicted molar refractivity (Wildman–Crippen MR) is 56.1 cm³/mol. The van der Waals surface area contributed by atoms with Crippen molar-refractivity contribution in [2.45, 2.75) is 51.6 Å². The van der Waals surface area contributed by atoms with Gasteiger partial charge in [-0.1, -0.05) is 13.3 Å². The highest BCUT2D eigenvalue weighted by molar-refractivity contribution is 4.89. The normalized spacial score (nSPS) is 42.4. The maximum absolute atomic E-state index is 9.52. The third-order valence-corrected chi connectivity index (χ3v) is 4.14. The lowest BCUT2D eigenvalue weighted by molar-refractivity contribution is 0.0481. The molecule has 0 amide bonds. The van der Waals surface area contributed by atoms with Crippen molar-refractivity contribution in [3.05, 3.63) is 0 Å². The van der Waals surface area contributed by atoms with Crippen LogP contribution >= 0.6 is 0 Å². The molecule has 1 saturated carbocycles. The molecule has 1 heterocycles. The van der Waals surface area contributed by atoms with Crippen LogP contribution in [0.15, 0.2) is 0 Å². The van der Waals surface area contributed by atoms with Gasteiger partial charge in [0.2, 0.25) is 0 Å². The molecule has 2 rings (SSSR count).